The van der Waals surface area contributed by atoms with Gasteiger partial charge in [0.1, 0.15) is 0 Å². The van der Waals surface area contributed by atoms with E-state index in [1.165, 1.54) is 11.1 Å². The molecule has 1 heterocycles. The summed E-state index contributed by atoms with van der Waals surface area (Å²) < 4.78 is 3.04. The van der Waals surface area contributed by atoms with Crippen molar-refractivity contribution in [2.45, 2.75) is 12.8 Å². The molecular formula is C19H16BrN3S. The third-order valence-corrected chi connectivity index (χ3v) is 5.58. The second-order valence-electron chi connectivity index (χ2n) is 5.65. The number of hydrogen-bond donors (Lipinski definition) is 0. The number of aromatic nitrogens is 1. The van der Waals surface area contributed by atoms with Crippen LogP contribution in [0.25, 0.3) is 11.3 Å². The first-order valence-electron chi connectivity index (χ1n) is 7.81. The number of aryl methyl sites for hydroxylation is 1. The van der Waals surface area contributed by atoms with Gasteiger partial charge in [-0.3, -0.25) is 4.99 Å². The Kier molecular flexibility index (Phi) is 4.21. The molecule has 3 aromatic rings. The lowest BCUT2D eigenvalue weighted by atomic mass is 10.1. The highest BCUT2D eigenvalue weighted by atomic mass is 79.9. The molecule has 0 aliphatic heterocycles. The van der Waals surface area contributed by atoms with Crippen molar-refractivity contribution >= 4 is 33.0 Å². The Labute approximate surface area is 153 Å². The molecule has 1 aliphatic rings. The maximum atomic E-state index is 4.97. The first-order valence-corrected chi connectivity index (χ1v) is 9.49. The van der Waals surface area contributed by atoms with Gasteiger partial charge in [-0.15, -0.1) is 11.3 Å². The molecular weight excluding hydrogens is 382 g/mol. The number of hydrogen-bond acceptors (Lipinski definition) is 3. The molecule has 0 spiro atoms. The molecule has 0 saturated heterocycles. The van der Waals surface area contributed by atoms with Crippen LogP contribution in [-0.4, -0.2) is 17.4 Å². The fourth-order valence-corrected chi connectivity index (χ4v) is 4.22. The quantitative estimate of drug-likeness (QED) is 0.599. The highest BCUT2D eigenvalue weighted by Crippen LogP contribution is 2.26. The number of thiazole rings is 1. The minimum atomic E-state index is 0.904. The minimum Gasteiger partial charge on any atom is -0.261 e. The van der Waals surface area contributed by atoms with Crippen LogP contribution in [-0.2, 0) is 6.42 Å². The Bertz CT molecular complexity index is 998. The van der Waals surface area contributed by atoms with Crippen LogP contribution in [0.1, 0.15) is 17.5 Å². The Morgan fingerprint density at radius 2 is 1.96 bits per heavy atom. The van der Waals surface area contributed by atoms with E-state index in [4.69, 9.17) is 5.10 Å². The molecule has 0 atom stereocenters. The molecule has 0 radical (unpaired) electrons. The second kappa shape index (κ2) is 6.49. The van der Waals surface area contributed by atoms with Gasteiger partial charge in [0.15, 0.2) is 0 Å². The predicted octanol–water partition coefficient (Wildman–Crippen LogP) is 4.71. The standard InChI is InChI=1S/C19H16BrN3S/c1-21-19-23(18(12-24-19)14-6-4-7-15(20)11-14)22-17-10-9-13-5-2-3-8-16(13)17/h2-8,11-12H,9-10H2,1H3. The smallest absolute Gasteiger partial charge is 0.205 e. The molecule has 24 heavy (non-hydrogen) atoms. The van der Waals surface area contributed by atoms with Crippen LogP contribution in [0, 0.1) is 0 Å². The summed E-state index contributed by atoms with van der Waals surface area (Å²) in [7, 11) is 1.82. The number of rotatable bonds is 2. The molecule has 0 bridgehead atoms. The van der Waals surface area contributed by atoms with Gasteiger partial charge in [0.05, 0.1) is 11.4 Å². The van der Waals surface area contributed by atoms with Gasteiger partial charge in [-0.25, -0.2) is 4.68 Å². The SMILES string of the molecule is CN=c1scc(-c2cccc(Br)c2)n1N=C1CCc2ccccc21. The van der Waals surface area contributed by atoms with Crippen molar-refractivity contribution in [1.29, 1.82) is 0 Å². The van der Waals surface area contributed by atoms with Crippen molar-refractivity contribution in [2.24, 2.45) is 10.1 Å². The Balaban J connectivity index is 1.88. The monoisotopic (exact) mass is 397 g/mol. The summed E-state index contributed by atoms with van der Waals surface area (Å²) in [5, 5.41) is 7.09. The van der Waals surface area contributed by atoms with Gasteiger partial charge in [0.2, 0.25) is 4.80 Å². The van der Waals surface area contributed by atoms with E-state index < -0.39 is 0 Å². The average molecular weight is 398 g/mol. The van der Waals surface area contributed by atoms with E-state index in [2.05, 4.69) is 62.7 Å². The first-order chi connectivity index (χ1) is 11.8. The average Bonchev–Trinajstić information content (AvgIpc) is 3.20. The summed E-state index contributed by atoms with van der Waals surface area (Å²) in [5.74, 6) is 0. The van der Waals surface area contributed by atoms with Gasteiger partial charge in [0, 0.05) is 28.0 Å². The van der Waals surface area contributed by atoms with E-state index in [1.54, 1.807) is 11.3 Å². The number of fused-ring (bicyclic) bond motifs is 1. The molecule has 2 aromatic carbocycles. The molecule has 0 fully saturated rings. The van der Waals surface area contributed by atoms with Crippen LogP contribution in [0.3, 0.4) is 0 Å². The topological polar surface area (TPSA) is 29.6 Å². The molecule has 0 amide bonds. The summed E-state index contributed by atoms with van der Waals surface area (Å²) in [6, 6.07) is 16.8. The fourth-order valence-electron chi connectivity index (χ4n) is 3.03. The Hall–Kier alpha value is -1.98. The van der Waals surface area contributed by atoms with Gasteiger partial charge in [-0.05, 0) is 30.5 Å². The summed E-state index contributed by atoms with van der Waals surface area (Å²) in [5.41, 5.74) is 5.98. The first kappa shape index (κ1) is 15.5. The number of nitrogens with zero attached hydrogens (tertiary/aromatic N) is 3. The zero-order chi connectivity index (χ0) is 16.5. The highest BCUT2D eigenvalue weighted by Gasteiger charge is 2.18. The molecule has 5 heteroatoms. The molecule has 0 saturated carbocycles. The summed E-state index contributed by atoms with van der Waals surface area (Å²) in [6.45, 7) is 0. The van der Waals surface area contributed by atoms with E-state index in [1.807, 2.05) is 23.9 Å². The van der Waals surface area contributed by atoms with Crippen LogP contribution < -0.4 is 4.80 Å². The molecule has 120 valence electrons. The van der Waals surface area contributed by atoms with Crippen LogP contribution in [0.15, 0.2) is 68.5 Å². The number of halogens is 1. The van der Waals surface area contributed by atoms with Crippen molar-refractivity contribution in [3.05, 3.63) is 74.3 Å². The van der Waals surface area contributed by atoms with Crippen molar-refractivity contribution in [2.75, 3.05) is 7.05 Å². The van der Waals surface area contributed by atoms with Crippen molar-refractivity contribution in [3.8, 4) is 11.3 Å². The maximum absolute atomic E-state index is 4.97. The lowest BCUT2D eigenvalue weighted by Crippen LogP contribution is -2.14. The third-order valence-electron chi connectivity index (χ3n) is 4.18. The van der Waals surface area contributed by atoms with E-state index in [0.717, 1.165) is 39.1 Å². The third kappa shape index (κ3) is 2.78. The summed E-state index contributed by atoms with van der Waals surface area (Å²) >= 11 is 5.17. The molecule has 0 unspecified atom stereocenters. The van der Waals surface area contributed by atoms with Crippen LogP contribution in [0.5, 0.6) is 0 Å². The van der Waals surface area contributed by atoms with Gasteiger partial charge in [-0.1, -0.05) is 52.3 Å². The summed E-state index contributed by atoms with van der Waals surface area (Å²) in [4.78, 5) is 5.30. The highest BCUT2D eigenvalue weighted by molar-refractivity contribution is 9.10. The molecule has 1 aromatic heterocycles. The zero-order valence-corrected chi connectivity index (χ0v) is 15.6. The molecule has 1 aliphatic carbocycles. The zero-order valence-electron chi connectivity index (χ0n) is 13.2. The van der Waals surface area contributed by atoms with E-state index in [0.29, 0.717) is 0 Å². The number of benzene rings is 2. The Morgan fingerprint density at radius 3 is 2.79 bits per heavy atom. The van der Waals surface area contributed by atoms with Gasteiger partial charge in [-0.2, -0.15) is 5.10 Å². The van der Waals surface area contributed by atoms with Gasteiger partial charge >= 0.3 is 0 Å². The lowest BCUT2D eigenvalue weighted by molar-refractivity contribution is 0.837. The van der Waals surface area contributed by atoms with E-state index in [9.17, 15) is 0 Å². The van der Waals surface area contributed by atoms with Crippen LogP contribution in [0.2, 0.25) is 0 Å². The predicted molar refractivity (Wildman–Crippen MR) is 104 cm³/mol. The van der Waals surface area contributed by atoms with Crippen molar-refractivity contribution in [3.63, 3.8) is 0 Å². The van der Waals surface area contributed by atoms with E-state index in [-0.39, 0.29) is 0 Å². The van der Waals surface area contributed by atoms with Gasteiger partial charge < -0.3 is 0 Å². The largest absolute Gasteiger partial charge is 0.261 e. The molecule has 0 N–H and O–H groups in total. The summed E-state index contributed by atoms with van der Waals surface area (Å²) in [6.07, 6.45) is 2.04. The molecule has 4 rings (SSSR count). The van der Waals surface area contributed by atoms with Crippen molar-refractivity contribution < 1.29 is 0 Å². The van der Waals surface area contributed by atoms with Gasteiger partial charge in [0.25, 0.3) is 0 Å². The maximum Gasteiger partial charge on any atom is 0.205 e. The fraction of sp³-hybridized carbons (Fsp3) is 0.158. The van der Waals surface area contributed by atoms with Crippen LogP contribution >= 0.6 is 27.3 Å². The van der Waals surface area contributed by atoms with Crippen LogP contribution in [0.4, 0.5) is 0 Å². The second-order valence-corrected chi connectivity index (χ2v) is 7.41. The van der Waals surface area contributed by atoms with Crippen molar-refractivity contribution in [1.82, 2.24) is 4.68 Å². The normalized spacial score (nSPS) is 15.9. The minimum absolute atomic E-state index is 0.904. The Morgan fingerprint density at radius 1 is 1.08 bits per heavy atom. The van der Waals surface area contributed by atoms with E-state index >= 15 is 0 Å². The molecule has 3 nitrogen and oxygen atoms in total. The lowest BCUT2D eigenvalue weighted by Gasteiger charge is -2.06.